The Morgan fingerprint density at radius 1 is 1.33 bits per heavy atom. The predicted octanol–water partition coefficient (Wildman–Crippen LogP) is 3.63. The zero-order valence-electron chi connectivity index (χ0n) is 8.84. The van der Waals surface area contributed by atoms with Gasteiger partial charge in [0.15, 0.2) is 0 Å². The van der Waals surface area contributed by atoms with Gasteiger partial charge in [-0.2, -0.15) is 0 Å². The zero-order chi connectivity index (χ0) is 10.8. The Morgan fingerprint density at radius 2 is 2.13 bits per heavy atom. The lowest BCUT2D eigenvalue weighted by atomic mass is 10.1. The van der Waals surface area contributed by atoms with Gasteiger partial charge in [0.25, 0.3) is 0 Å². The number of halogens is 1. The monoisotopic (exact) mass is 220 g/mol. The van der Waals surface area contributed by atoms with Crippen LogP contribution in [0.2, 0.25) is 5.02 Å². The fourth-order valence-corrected chi connectivity index (χ4v) is 1.95. The Kier molecular flexibility index (Phi) is 2.78. The van der Waals surface area contributed by atoms with E-state index in [1.54, 1.807) is 6.20 Å². The van der Waals surface area contributed by atoms with E-state index < -0.39 is 0 Å². The second kappa shape index (κ2) is 4.07. The maximum absolute atomic E-state index is 6.11. The lowest BCUT2D eigenvalue weighted by Crippen LogP contribution is -1.98. The number of anilines is 1. The number of pyridine rings is 1. The first-order chi connectivity index (χ1) is 7.24. The van der Waals surface area contributed by atoms with Gasteiger partial charge in [0, 0.05) is 23.8 Å². The highest BCUT2D eigenvalue weighted by Crippen LogP contribution is 2.29. The molecule has 2 aromatic rings. The molecule has 0 amide bonds. The van der Waals surface area contributed by atoms with E-state index in [0.717, 1.165) is 23.1 Å². The van der Waals surface area contributed by atoms with Crippen LogP contribution in [-0.4, -0.2) is 11.5 Å². The lowest BCUT2D eigenvalue weighted by Gasteiger charge is -2.10. The lowest BCUT2D eigenvalue weighted by molar-refractivity contribution is 1.21. The molecule has 1 heterocycles. The highest BCUT2D eigenvalue weighted by molar-refractivity contribution is 6.35. The van der Waals surface area contributed by atoms with Crippen molar-refractivity contribution in [1.82, 2.24) is 4.98 Å². The van der Waals surface area contributed by atoms with E-state index in [2.05, 4.69) is 24.1 Å². The van der Waals surface area contributed by atoms with Gasteiger partial charge in [-0.05, 0) is 31.5 Å². The first kappa shape index (κ1) is 10.2. The highest BCUT2D eigenvalue weighted by atomic mass is 35.5. The molecule has 0 unspecified atom stereocenters. The number of hydrogen-bond acceptors (Lipinski definition) is 2. The molecule has 0 spiro atoms. The Morgan fingerprint density at radius 3 is 2.87 bits per heavy atom. The molecule has 2 rings (SSSR count). The number of rotatable bonds is 2. The van der Waals surface area contributed by atoms with E-state index in [-0.39, 0.29) is 0 Å². The summed E-state index contributed by atoms with van der Waals surface area (Å²) in [6.07, 6.45) is 1.78. The molecule has 0 aliphatic heterocycles. The first-order valence-corrected chi connectivity index (χ1v) is 5.39. The van der Waals surface area contributed by atoms with Crippen molar-refractivity contribution in [2.45, 2.75) is 13.8 Å². The molecule has 15 heavy (non-hydrogen) atoms. The number of fused-ring (bicyclic) bond motifs is 1. The normalized spacial score (nSPS) is 10.6. The SMILES string of the molecule is CCNc1ccnc2c(Cl)ccc(C)c12. The summed E-state index contributed by atoms with van der Waals surface area (Å²) in [5.41, 5.74) is 3.16. The first-order valence-electron chi connectivity index (χ1n) is 5.01. The zero-order valence-corrected chi connectivity index (χ0v) is 9.60. The van der Waals surface area contributed by atoms with Gasteiger partial charge in [0.2, 0.25) is 0 Å². The second-order valence-corrected chi connectivity index (χ2v) is 3.88. The molecule has 2 nitrogen and oxygen atoms in total. The van der Waals surface area contributed by atoms with E-state index in [1.165, 1.54) is 5.56 Å². The van der Waals surface area contributed by atoms with E-state index in [9.17, 15) is 0 Å². The molecule has 0 bridgehead atoms. The molecule has 78 valence electrons. The maximum Gasteiger partial charge on any atom is 0.0911 e. The Labute approximate surface area is 94.3 Å². The van der Waals surface area contributed by atoms with Crippen LogP contribution in [0.4, 0.5) is 5.69 Å². The Hall–Kier alpha value is -1.28. The largest absolute Gasteiger partial charge is 0.385 e. The summed E-state index contributed by atoms with van der Waals surface area (Å²) >= 11 is 6.11. The Balaban J connectivity index is 2.78. The Bertz CT molecular complexity index is 494. The molecule has 0 atom stereocenters. The van der Waals surface area contributed by atoms with Crippen LogP contribution in [-0.2, 0) is 0 Å². The van der Waals surface area contributed by atoms with Crippen LogP contribution in [0.5, 0.6) is 0 Å². The summed E-state index contributed by atoms with van der Waals surface area (Å²) in [6, 6.07) is 5.89. The van der Waals surface area contributed by atoms with Crippen LogP contribution in [0.25, 0.3) is 10.9 Å². The van der Waals surface area contributed by atoms with Gasteiger partial charge in [0.1, 0.15) is 0 Å². The number of benzene rings is 1. The number of nitrogens with one attached hydrogen (secondary N) is 1. The molecule has 1 aromatic carbocycles. The topological polar surface area (TPSA) is 24.9 Å². The van der Waals surface area contributed by atoms with Crippen LogP contribution in [0, 0.1) is 6.92 Å². The number of hydrogen-bond donors (Lipinski definition) is 1. The molecule has 1 N–H and O–H groups in total. The molecule has 0 saturated heterocycles. The number of nitrogens with zero attached hydrogens (tertiary/aromatic N) is 1. The average molecular weight is 221 g/mol. The van der Waals surface area contributed by atoms with Crippen LogP contribution >= 0.6 is 11.6 Å². The van der Waals surface area contributed by atoms with Crippen LogP contribution in [0.15, 0.2) is 24.4 Å². The summed E-state index contributed by atoms with van der Waals surface area (Å²) in [5, 5.41) is 5.14. The second-order valence-electron chi connectivity index (χ2n) is 3.48. The number of aromatic nitrogens is 1. The van der Waals surface area contributed by atoms with Crippen molar-refractivity contribution in [3.8, 4) is 0 Å². The minimum atomic E-state index is 0.704. The van der Waals surface area contributed by atoms with Crippen molar-refractivity contribution in [3.05, 3.63) is 35.0 Å². The van der Waals surface area contributed by atoms with Crippen molar-refractivity contribution in [2.24, 2.45) is 0 Å². The van der Waals surface area contributed by atoms with E-state index >= 15 is 0 Å². The van der Waals surface area contributed by atoms with Crippen molar-refractivity contribution in [3.63, 3.8) is 0 Å². The summed E-state index contributed by atoms with van der Waals surface area (Å²) in [5.74, 6) is 0. The van der Waals surface area contributed by atoms with E-state index in [0.29, 0.717) is 5.02 Å². The molecular formula is C12H13ClN2. The summed E-state index contributed by atoms with van der Waals surface area (Å²) in [7, 11) is 0. The fourth-order valence-electron chi connectivity index (χ4n) is 1.74. The fraction of sp³-hybridized carbons (Fsp3) is 0.250. The minimum Gasteiger partial charge on any atom is -0.385 e. The van der Waals surface area contributed by atoms with Gasteiger partial charge >= 0.3 is 0 Å². The van der Waals surface area contributed by atoms with Gasteiger partial charge < -0.3 is 5.32 Å². The van der Waals surface area contributed by atoms with Crippen molar-refractivity contribution in [1.29, 1.82) is 0 Å². The van der Waals surface area contributed by atoms with Gasteiger partial charge in [0.05, 0.1) is 10.5 Å². The summed E-state index contributed by atoms with van der Waals surface area (Å²) < 4.78 is 0. The molecular weight excluding hydrogens is 208 g/mol. The molecule has 1 aromatic heterocycles. The smallest absolute Gasteiger partial charge is 0.0911 e. The third kappa shape index (κ3) is 1.77. The third-order valence-corrected chi connectivity index (χ3v) is 2.72. The standard InChI is InChI=1S/C12H13ClN2/c1-3-14-10-6-7-15-12-9(13)5-4-8(2)11(10)12/h4-7H,3H2,1-2H3,(H,14,15). The van der Waals surface area contributed by atoms with E-state index in [1.807, 2.05) is 18.2 Å². The van der Waals surface area contributed by atoms with Crippen molar-refractivity contribution >= 4 is 28.2 Å². The molecule has 0 saturated carbocycles. The van der Waals surface area contributed by atoms with Crippen LogP contribution in [0.3, 0.4) is 0 Å². The van der Waals surface area contributed by atoms with Crippen LogP contribution < -0.4 is 5.32 Å². The number of aryl methyl sites for hydroxylation is 1. The van der Waals surface area contributed by atoms with Gasteiger partial charge in [-0.1, -0.05) is 17.7 Å². The average Bonchev–Trinajstić information content (AvgIpc) is 2.24. The minimum absolute atomic E-state index is 0.704. The van der Waals surface area contributed by atoms with Crippen LogP contribution in [0.1, 0.15) is 12.5 Å². The highest BCUT2D eigenvalue weighted by Gasteiger charge is 2.06. The third-order valence-electron chi connectivity index (χ3n) is 2.42. The van der Waals surface area contributed by atoms with Crippen molar-refractivity contribution in [2.75, 3.05) is 11.9 Å². The van der Waals surface area contributed by atoms with Gasteiger partial charge in [-0.15, -0.1) is 0 Å². The van der Waals surface area contributed by atoms with Gasteiger partial charge in [-0.3, -0.25) is 4.98 Å². The molecule has 0 aliphatic rings. The quantitative estimate of drug-likeness (QED) is 0.836. The molecule has 0 aliphatic carbocycles. The van der Waals surface area contributed by atoms with E-state index in [4.69, 9.17) is 11.6 Å². The molecule has 3 heteroatoms. The maximum atomic E-state index is 6.11. The molecule has 0 fully saturated rings. The molecule has 0 radical (unpaired) electrons. The van der Waals surface area contributed by atoms with Gasteiger partial charge in [-0.25, -0.2) is 0 Å². The summed E-state index contributed by atoms with van der Waals surface area (Å²) in [6.45, 7) is 5.04. The predicted molar refractivity (Wildman–Crippen MR) is 65.7 cm³/mol. The van der Waals surface area contributed by atoms with Crippen molar-refractivity contribution < 1.29 is 0 Å². The summed E-state index contributed by atoms with van der Waals surface area (Å²) in [4.78, 5) is 4.31.